The van der Waals surface area contributed by atoms with E-state index in [0.717, 1.165) is 23.7 Å². The van der Waals surface area contributed by atoms with Gasteiger partial charge in [-0.2, -0.15) is 11.8 Å². The molecule has 1 atom stereocenters. The molecule has 0 amide bonds. The summed E-state index contributed by atoms with van der Waals surface area (Å²) < 4.78 is 24.5. The number of halogens is 1. The predicted molar refractivity (Wildman–Crippen MR) is 84.8 cm³/mol. The van der Waals surface area contributed by atoms with E-state index in [9.17, 15) is 8.42 Å². The first kappa shape index (κ1) is 15.1. The van der Waals surface area contributed by atoms with Gasteiger partial charge in [-0.15, -0.1) is 0 Å². The number of anilines is 1. The van der Waals surface area contributed by atoms with Crippen molar-refractivity contribution in [2.24, 2.45) is 0 Å². The van der Waals surface area contributed by atoms with Crippen LogP contribution < -0.4 is 4.90 Å². The molecule has 1 aromatic heterocycles. The predicted octanol–water partition coefficient (Wildman–Crippen LogP) is 2.29. The molecule has 2 rings (SSSR count). The molecule has 1 unspecified atom stereocenters. The molecule has 2 heterocycles. The van der Waals surface area contributed by atoms with E-state index >= 15 is 0 Å². The molecule has 19 heavy (non-hydrogen) atoms. The Morgan fingerprint density at radius 1 is 1.58 bits per heavy atom. The molecule has 0 saturated carbocycles. The summed E-state index contributed by atoms with van der Waals surface area (Å²) >= 11 is 5.14. The third kappa shape index (κ3) is 3.25. The molecule has 106 valence electrons. The Labute approximate surface area is 127 Å². The molecule has 1 saturated heterocycles. The fourth-order valence-corrected chi connectivity index (χ4v) is 5.51. The Bertz CT molecular complexity index is 536. The molecule has 1 aromatic rings. The second-order valence-corrected chi connectivity index (χ2v) is 8.45. The first-order valence-electron chi connectivity index (χ1n) is 6.16. The van der Waals surface area contributed by atoms with Gasteiger partial charge in [0.05, 0.1) is 0 Å². The minimum absolute atomic E-state index is 0.172. The Morgan fingerprint density at radius 2 is 2.37 bits per heavy atom. The molecule has 0 N–H and O–H groups in total. The van der Waals surface area contributed by atoms with Crippen LogP contribution in [0.5, 0.6) is 0 Å². The lowest BCUT2D eigenvalue weighted by Gasteiger charge is -2.36. The summed E-state index contributed by atoms with van der Waals surface area (Å²) in [5.41, 5.74) is 1.03. The van der Waals surface area contributed by atoms with Crippen molar-refractivity contribution < 1.29 is 8.42 Å². The SMILES string of the molecule is CCS(=O)(=O)C1CSCCN1c1ncccc1CBr. The van der Waals surface area contributed by atoms with Gasteiger partial charge in [0.2, 0.25) is 0 Å². The standard InChI is InChI=1S/C12H17BrN2O2S2/c1-2-19(16,17)11-9-18-7-6-15(11)12-10(8-13)4-3-5-14-12/h3-5,11H,2,6-9H2,1H3. The quantitative estimate of drug-likeness (QED) is 0.767. The second kappa shape index (κ2) is 6.45. The first-order valence-corrected chi connectivity index (χ1v) is 10.1. The normalized spacial score (nSPS) is 20.5. The van der Waals surface area contributed by atoms with Crippen LogP contribution in [0.1, 0.15) is 12.5 Å². The van der Waals surface area contributed by atoms with Crippen molar-refractivity contribution in [1.29, 1.82) is 0 Å². The number of hydrogen-bond donors (Lipinski definition) is 0. The van der Waals surface area contributed by atoms with E-state index in [2.05, 4.69) is 20.9 Å². The smallest absolute Gasteiger partial charge is 0.171 e. The minimum Gasteiger partial charge on any atom is -0.338 e. The summed E-state index contributed by atoms with van der Waals surface area (Å²) in [5, 5.41) is 0.225. The summed E-state index contributed by atoms with van der Waals surface area (Å²) in [6, 6.07) is 3.86. The van der Waals surface area contributed by atoms with E-state index in [-0.39, 0.29) is 5.75 Å². The molecule has 1 fully saturated rings. The van der Waals surface area contributed by atoms with Crippen LogP contribution in [0.2, 0.25) is 0 Å². The zero-order chi connectivity index (χ0) is 13.9. The van der Waals surface area contributed by atoms with Crippen molar-refractivity contribution in [1.82, 2.24) is 4.98 Å². The Balaban J connectivity index is 2.40. The lowest BCUT2D eigenvalue weighted by Crippen LogP contribution is -2.48. The van der Waals surface area contributed by atoms with Gasteiger partial charge in [0.15, 0.2) is 9.84 Å². The fraction of sp³-hybridized carbons (Fsp3) is 0.583. The summed E-state index contributed by atoms with van der Waals surface area (Å²) in [6.07, 6.45) is 1.72. The number of pyridine rings is 1. The number of rotatable bonds is 4. The van der Waals surface area contributed by atoms with Crippen LogP contribution in [0.3, 0.4) is 0 Å². The van der Waals surface area contributed by atoms with Crippen molar-refractivity contribution in [2.75, 3.05) is 28.7 Å². The van der Waals surface area contributed by atoms with Gasteiger partial charge in [0.1, 0.15) is 11.2 Å². The highest BCUT2D eigenvalue weighted by atomic mass is 79.9. The van der Waals surface area contributed by atoms with Gasteiger partial charge in [-0.1, -0.05) is 28.9 Å². The van der Waals surface area contributed by atoms with Crippen molar-refractivity contribution in [3.05, 3.63) is 23.9 Å². The largest absolute Gasteiger partial charge is 0.338 e. The maximum Gasteiger partial charge on any atom is 0.171 e. The average molecular weight is 365 g/mol. The lowest BCUT2D eigenvalue weighted by molar-refractivity contribution is 0.578. The molecule has 7 heteroatoms. The van der Waals surface area contributed by atoms with Crippen LogP contribution in [0.15, 0.2) is 18.3 Å². The van der Waals surface area contributed by atoms with Gasteiger partial charge in [-0.25, -0.2) is 13.4 Å². The summed E-state index contributed by atoms with van der Waals surface area (Å²) in [6.45, 7) is 2.43. The maximum absolute atomic E-state index is 12.2. The van der Waals surface area contributed by atoms with E-state index in [1.807, 2.05) is 17.0 Å². The highest BCUT2D eigenvalue weighted by molar-refractivity contribution is 9.08. The number of thioether (sulfide) groups is 1. The second-order valence-electron chi connectivity index (χ2n) is 4.29. The van der Waals surface area contributed by atoms with Crippen molar-refractivity contribution in [2.45, 2.75) is 17.6 Å². The number of nitrogens with zero attached hydrogens (tertiary/aromatic N) is 2. The number of sulfone groups is 1. The van der Waals surface area contributed by atoms with Crippen LogP contribution in [-0.4, -0.2) is 42.6 Å². The molecule has 0 aliphatic carbocycles. The minimum atomic E-state index is -3.09. The Morgan fingerprint density at radius 3 is 3.05 bits per heavy atom. The highest BCUT2D eigenvalue weighted by Crippen LogP contribution is 2.29. The van der Waals surface area contributed by atoms with E-state index in [1.54, 1.807) is 24.9 Å². The van der Waals surface area contributed by atoms with Gasteiger partial charge in [-0.3, -0.25) is 0 Å². The molecule has 0 radical (unpaired) electrons. The third-order valence-corrected chi connectivity index (χ3v) is 7.08. The molecule has 4 nitrogen and oxygen atoms in total. The number of hydrogen-bond acceptors (Lipinski definition) is 5. The van der Waals surface area contributed by atoms with Gasteiger partial charge in [0, 0.05) is 40.9 Å². The van der Waals surface area contributed by atoms with E-state index in [1.165, 1.54) is 0 Å². The highest BCUT2D eigenvalue weighted by Gasteiger charge is 2.34. The molecule has 0 spiro atoms. The fourth-order valence-electron chi connectivity index (χ4n) is 2.11. The maximum atomic E-state index is 12.2. The van der Waals surface area contributed by atoms with Gasteiger partial charge >= 0.3 is 0 Å². The van der Waals surface area contributed by atoms with Gasteiger partial charge in [0.25, 0.3) is 0 Å². The Kier molecular flexibility index (Phi) is 5.14. The van der Waals surface area contributed by atoms with Crippen LogP contribution in [0.4, 0.5) is 5.82 Å². The topological polar surface area (TPSA) is 50.3 Å². The molecular formula is C12H17BrN2O2S2. The first-order chi connectivity index (χ1) is 9.10. The molecule has 0 aromatic carbocycles. The van der Waals surface area contributed by atoms with Crippen LogP contribution in [0, 0.1) is 0 Å². The van der Waals surface area contributed by atoms with E-state index in [0.29, 0.717) is 11.1 Å². The molecule has 0 bridgehead atoms. The van der Waals surface area contributed by atoms with Crippen molar-refractivity contribution in [3.8, 4) is 0 Å². The zero-order valence-electron chi connectivity index (χ0n) is 10.8. The monoisotopic (exact) mass is 364 g/mol. The molecule has 1 aliphatic heterocycles. The summed E-state index contributed by atoms with van der Waals surface area (Å²) in [7, 11) is -3.09. The summed E-state index contributed by atoms with van der Waals surface area (Å²) in [4.78, 5) is 6.34. The van der Waals surface area contributed by atoms with E-state index in [4.69, 9.17) is 0 Å². The van der Waals surface area contributed by atoms with E-state index < -0.39 is 15.2 Å². The van der Waals surface area contributed by atoms with Crippen LogP contribution >= 0.6 is 27.7 Å². The molecular weight excluding hydrogens is 348 g/mol. The van der Waals surface area contributed by atoms with Crippen molar-refractivity contribution >= 4 is 43.3 Å². The van der Waals surface area contributed by atoms with Gasteiger partial charge in [-0.05, 0) is 6.07 Å². The average Bonchev–Trinajstić information content (AvgIpc) is 2.47. The van der Waals surface area contributed by atoms with Gasteiger partial charge < -0.3 is 4.90 Å². The van der Waals surface area contributed by atoms with Crippen LogP contribution in [-0.2, 0) is 15.2 Å². The lowest BCUT2D eigenvalue weighted by atomic mass is 10.2. The van der Waals surface area contributed by atoms with Crippen molar-refractivity contribution in [3.63, 3.8) is 0 Å². The van der Waals surface area contributed by atoms with Crippen LogP contribution in [0.25, 0.3) is 0 Å². The Hall–Kier alpha value is -0.270. The zero-order valence-corrected chi connectivity index (χ0v) is 14.0. The third-order valence-electron chi connectivity index (χ3n) is 3.19. The number of aromatic nitrogens is 1. The summed E-state index contributed by atoms with van der Waals surface area (Å²) in [5.74, 6) is 2.52. The molecule has 1 aliphatic rings. The number of alkyl halides is 1.